The van der Waals surface area contributed by atoms with Crippen LogP contribution in [0.15, 0.2) is 6.20 Å². The number of carbonyl (C=O) groups is 1. The van der Waals surface area contributed by atoms with Gasteiger partial charge in [-0.2, -0.15) is 10.4 Å². The van der Waals surface area contributed by atoms with Crippen LogP contribution in [-0.2, 0) is 5.54 Å². The molecule has 0 aliphatic carbocycles. The van der Waals surface area contributed by atoms with Crippen molar-refractivity contribution in [1.82, 2.24) is 9.78 Å². The molecule has 0 saturated carbocycles. The summed E-state index contributed by atoms with van der Waals surface area (Å²) in [4.78, 5) is 11.0. The maximum absolute atomic E-state index is 11.0. The molecule has 1 aromatic heterocycles. The molecule has 5 nitrogen and oxygen atoms in total. The number of hydrogen-bond acceptors (Lipinski definition) is 3. The van der Waals surface area contributed by atoms with Crippen LogP contribution < -0.4 is 0 Å². The highest BCUT2D eigenvalue weighted by Crippen LogP contribution is 2.30. The van der Waals surface area contributed by atoms with Gasteiger partial charge in [0.25, 0.3) is 0 Å². The number of nitriles is 1. The Morgan fingerprint density at radius 1 is 1.47 bits per heavy atom. The van der Waals surface area contributed by atoms with Crippen molar-refractivity contribution in [3.63, 3.8) is 0 Å². The summed E-state index contributed by atoms with van der Waals surface area (Å²) in [5, 5.41) is 22.2. The maximum atomic E-state index is 11.0. The molecular formula is C12H17N3O2. The molecule has 92 valence electrons. The number of carboxylic acid groups (broad SMARTS) is 1. The lowest BCUT2D eigenvalue weighted by atomic mass is 9.89. The van der Waals surface area contributed by atoms with E-state index in [0.29, 0.717) is 0 Å². The Labute approximate surface area is 101 Å². The Kier molecular flexibility index (Phi) is 3.89. The number of aromatic carboxylic acids is 1. The van der Waals surface area contributed by atoms with E-state index in [1.54, 1.807) is 4.68 Å². The minimum Gasteiger partial charge on any atom is -0.478 e. The van der Waals surface area contributed by atoms with Gasteiger partial charge in [0.15, 0.2) is 5.69 Å². The van der Waals surface area contributed by atoms with Gasteiger partial charge in [-0.15, -0.1) is 0 Å². The molecule has 0 fully saturated rings. The van der Waals surface area contributed by atoms with Gasteiger partial charge in [0.2, 0.25) is 0 Å². The van der Waals surface area contributed by atoms with E-state index < -0.39 is 5.97 Å². The third kappa shape index (κ3) is 2.03. The van der Waals surface area contributed by atoms with Gasteiger partial charge in [0, 0.05) is 0 Å². The minimum absolute atomic E-state index is 0.0211. The fourth-order valence-electron chi connectivity index (χ4n) is 2.17. The summed E-state index contributed by atoms with van der Waals surface area (Å²) in [6.45, 7) is 6.07. The monoisotopic (exact) mass is 235 g/mol. The zero-order valence-electron chi connectivity index (χ0n) is 10.4. The lowest BCUT2D eigenvalue weighted by molar-refractivity contribution is 0.0696. The third-order valence-electron chi connectivity index (χ3n) is 3.53. The first-order valence-corrected chi connectivity index (χ1v) is 5.78. The predicted molar refractivity (Wildman–Crippen MR) is 62.7 cm³/mol. The van der Waals surface area contributed by atoms with Crippen molar-refractivity contribution < 1.29 is 9.90 Å². The molecular weight excluding hydrogens is 218 g/mol. The standard InChI is InChI=1S/C12H17N3O2/c1-4-12(5-2,6-3)15-10(7-13)9(8-14-15)11(16)17/h8H,4-6H2,1-3H3,(H,16,17). The maximum Gasteiger partial charge on any atom is 0.340 e. The predicted octanol–water partition coefficient (Wildman–Crippen LogP) is 2.38. The number of rotatable bonds is 5. The second-order valence-corrected chi connectivity index (χ2v) is 4.02. The summed E-state index contributed by atoms with van der Waals surface area (Å²) in [5.74, 6) is -1.11. The van der Waals surface area contributed by atoms with Crippen LogP contribution in [0.4, 0.5) is 0 Å². The molecule has 0 saturated heterocycles. The van der Waals surface area contributed by atoms with Gasteiger partial charge in [-0.3, -0.25) is 0 Å². The lowest BCUT2D eigenvalue weighted by Gasteiger charge is -2.31. The van der Waals surface area contributed by atoms with Crippen LogP contribution in [0.1, 0.15) is 56.1 Å². The molecule has 0 radical (unpaired) electrons. The molecule has 0 atom stereocenters. The summed E-state index contributed by atoms with van der Waals surface area (Å²) in [6.07, 6.45) is 3.71. The number of carboxylic acids is 1. The van der Waals surface area contributed by atoms with Crippen molar-refractivity contribution in [3.8, 4) is 6.07 Å². The van der Waals surface area contributed by atoms with Crippen LogP contribution in [0.5, 0.6) is 0 Å². The molecule has 1 aromatic rings. The van der Waals surface area contributed by atoms with E-state index in [4.69, 9.17) is 10.4 Å². The Balaban J connectivity index is 3.41. The van der Waals surface area contributed by atoms with Crippen molar-refractivity contribution >= 4 is 5.97 Å². The molecule has 0 amide bonds. The van der Waals surface area contributed by atoms with Crippen LogP contribution in [-0.4, -0.2) is 20.9 Å². The second kappa shape index (κ2) is 5.00. The molecule has 0 unspecified atom stereocenters. The van der Waals surface area contributed by atoms with Crippen molar-refractivity contribution in [2.75, 3.05) is 0 Å². The summed E-state index contributed by atoms with van der Waals surface area (Å²) in [5.41, 5.74) is -0.144. The Hall–Kier alpha value is -1.83. The summed E-state index contributed by atoms with van der Waals surface area (Å²) in [7, 11) is 0. The van der Waals surface area contributed by atoms with E-state index in [1.807, 2.05) is 26.8 Å². The van der Waals surface area contributed by atoms with Gasteiger partial charge in [-0.05, 0) is 19.3 Å². The van der Waals surface area contributed by atoms with Crippen LogP contribution in [0.2, 0.25) is 0 Å². The summed E-state index contributed by atoms with van der Waals surface area (Å²) < 4.78 is 1.58. The topological polar surface area (TPSA) is 78.9 Å². The van der Waals surface area contributed by atoms with Gasteiger partial charge in [0.1, 0.15) is 11.6 Å². The average molecular weight is 235 g/mol. The smallest absolute Gasteiger partial charge is 0.340 e. The first-order chi connectivity index (χ1) is 8.06. The first kappa shape index (κ1) is 13.2. The number of nitrogens with zero attached hydrogens (tertiary/aromatic N) is 3. The van der Waals surface area contributed by atoms with E-state index in [-0.39, 0.29) is 16.8 Å². The average Bonchev–Trinajstić information content (AvgIpc) is 2.76. The van der Waals surface area contributed by atoms with Crippen LogP contribution >= 0.6 is 0 Å². The highest BCUT2D eigenvalue weighted by Gasteiger charge is 2.31. The fraction of sp³-hybridized carbons (Fsp3) is 0.583. The molecule has 17 heavy (non-hydrogen) atoms. The van der Waals surface area contributed by atoms with Gasteiger partial charge in [-0.25, -0.2) is 9.48 Å². The van der Waals surface area contributed by atoms with Gasteiger partial charge >= 0.3 is 5.97 Å². The Bertz CT molecular complexity index is 445. The highest BCUT2D eigenvalue weighted by molar-refractivity contribution is 5.89. The van der Waals surface area contributed by atoms with E-state index in [0.717, 1.165) is 19.3 Å². The van der Waals surface area contributed by atoms with E-state index in [1.165, 1.54) is 6.20 Å². The quantitative estimate of drug-likeness (QED) is 0.849. The van der Waals surface area contributed by atoms with Crippen LogP contribution in [0, 0.1) is 11.3 Å². The highest BCUT2D eigenvalue weighted by atomic mass is 16.4. The van der Waals surface area contributed by atoms with E-state index in [2.05, 4.69) is 5.10 Å². The van der Waals surface area contributed by atoms with Crippen molar-refractivity contribution in [1.29, 1.82) is 5.26 Å². The van der Waals surface area contributed by atoms with Gasteiger partial charge in [-0.1, -0.05) is 20.8 Å². The van der Waals surface area contributed by atoms with Gasteiger partial charge < -0.3 is 5.11 Å². The molecule has 1 rings (SSSR count). The molecule has 0 aliphatic rings. The molecule has 5 heteroatoms. The molecule has 1 N–H and O–H groups in total. The Morgan fingerprint density at radius 2 is 2.00 bits per heavy atom. The molecule has 0 bridgehead atoms. The number of aromatic nitrogens is 2. The van der Waals surface area contributed by atoms with Gasteiger partial charge in [0.05, 0.1) is 11.7 Å². The zero-order chi connectivity index (χ0) is 13.1. The van der Waals surface area contributed by atoms with E-state index in [9.17, 15) is 4.79 Å². The zero-order valence-corrected chi connectivity index (χ0v) is 10.4. The molecule has 1 heterocycles. The number of hydrogen-bond donors (Lipinski definition) is 1. The molecule has 0 aromatic carbocycles. The normalized spacial score (nSPS) is 11.2. The fourth-order valence-corrected chi connectivity index (χ4v) is 2.17. The van der Waals surface area contributed by atoms with Crippen molar-refractivity contribution in [2.45, 2.75) is 45.6 Å². The second-order valence-electron chi connectivity index (χ2n) is 4.02. The molecule has 0 aliphatic heterocycles. The third-order valence-corrected chi connectivity index (χ3v) is 3.53. The SMILES string of the molecule is CCC(CC)(CC)n1ncc(C(=O)O)c1C#N. The largest absolute Gasteiger partial charge is 0.478 e. The summed E-state index contributed by atoms with van der Waals surface area (Å²) >= 11 is 0. The lowest BCUT2D eigenvalue weighted by Crippen LogP contribution is -2.33. The van der Waals surface area contributed by atoms with Crippen molar-refractivity contribution in [3.05, 3.63) is 17.5 Å². The first-order valence-electron chi connectivity index (χ1n) is 5.78. The van der Waals surface area contributed by atoms with Crippen LogP contribution in [0.25, 0.3) is 0 Å². The van der Waals surface area contributed by atoms with Crippen molar-refractivity contribution in [2.24, 2.45) is 0 Å². The summed E-state index contributed by atoms with van der Waals surface area (Å²) in [6, 6.07) is 1.95. The Morgan fingerprint density at radius 3 is 2.35 bits per heavy atom. The van der Waals surface area contributed by atoms with E-state index >= 15 is 0 Å². The minimum atomic E-state index is -1.11. The molecule has 0 spiro atoms. The van der Waals surface area contributed by atoms with Crippen LogP contribution in [0.3, 0.4) is 0 Å².